The van der Waals surface area contributed by atoms with Gasteiger partial charge in [0.05, 0.1) is 13.5 Å². The number of thioether (sulfide) groups is 1. The number of carbonyl (C=O) groups excluding carboxylic acids is 1. The van der Waals surface area contributed by atoms with Gasteiger partial charge in [-0.1, -0.05) is 13.0 Å². The number of hydrogen-bond donors (Lipinski definition) is 1. The summed E-state index contributed by atoms with van der Waals surface area (Å²) < 4.78 is 18.5. The van der Waals surface area contributed by atoms with Gasteiger partial charge in [-0.25, -0.2) is 4.39 Å². The van der Waals surface area contributed by atoms with E-state index in [9.17, 15) is 9.18 Å². The van der Waals surface area contributed by atoms with E-state index in [1.807, 2.05) is 13.0 Å². The molecule has 0 spiro atoms. The number of ether oxygens (including phenoxy) is 1. The van der Waals surface area contributed by atoms with Gasteiger partial charge in [-0.2, -0.15) is 0 Å². The van der Waals surface area contributed by atoms with Crippen molar-refractivity contribution in [3.8, 4) is 0 Å². The van der Waals surface area contributed by atoms with Crippen LogP contribution in [0.15, 0.2) is 23.1 Å². The van der Waals surface area contributed by atoms with Crippen molar-refractivity contribution in [3.05, 3.63) is 29.6 Å². The minimum atomic E-state index is -0.271. The SMILES string of the molecule is CCCNC(C)c1ccc(SCCC(=O)OC)c(F)c1. The van der Waals surface area contributed by atoms with Gasteiger partial charge in [-0.3, -0.25) is 4.79 Å². The van der Waals surface area contributed by atoms with Crippen LogP contribution in [0.25, 0.3) is 0 Å². The average Bonchev–Trinajstić information content (AvgIpc) is 2.46. The van der Waals surface area contributed by atoms with E-state index in [0.717, 1.165) is 18.5 Å². The maximum Gasteiger partial charge on any atom is 0.306 e. The molecular weight excluding hydrogens is 277 g/mol. The molecule has 0 saturated heterocycles. The highest BCUT2D eigenvalue weighted by Crippen LogP contribution is 2.25. The van der Waals surface area contributed by atoms with E-state index in [1.165, 1.54) is 18.9 Å². The fourth-order valence-corrected chi connectivity index (χ4v) is 2.58. The van der Waals surface area contributed by atoms with Crippen molar-refractivity contribution in [1.82, 2.24) is 5.32 Å². The third-order valence-electron chi connectivity index (χ3n) is 2.95. The molecule has 3 nitrogen and oxygen atoms in total. The van der Waals surface area contributed by atoms with E-state index in [1.54, 1.807) is 12.1 Å². The Balaban J connectivity index is 2.56. The lowest BCUT2D eigenvalue weighted by Crippen LogP contribution is -2.19. The molecule has 112 valence electrons. The molecule has 0 fully saturated rings. The molecule has 0 aliphatic heterocycles. The van der Waals surface area contributed by atoms with Crippen molar-refractivity contribution < 1.29 is 13.9 Å². The number of halogens is 1. The zero-order valence-corrected chi connectivity index (χ0v) is 13.1. The topological polar surface area (TPSA) is 38.3 Å². The standard InChI is InChI=1S/C15H22FNO2S/c1-4-8-17-11(2)12-5-6-14(13(16)10-12)20-9-7-15(18)19-3/h5-6,10-11,17H,4,7-9H2,1-3H3. The van der Waals surface area contributed by atoms with Gasteiger partial charge >= 0.3 is 5.97 Å². The lowest BCUT2D eigenvalue weighted by Gasteiger charge is -2.14. The highest BCUT2D eigenvalue weighted by Gasteiger charge is 2.10. The summed E-state index contributed by atoms with van der Waals surface area (Å²) in [6.45, 7) is 5.04. The first-order valence-electron chi connectivity index (χ1n) is 6.81. The van der Waals surface area contributed by atoms with E-state index < -0.39 is 0 Å². The number of rotatable bonds is 8. The zero-order chi connectivity index (χ0) is 15.0. The predicted molar refractivity (Wildman–Crippen MR) is 80.5 cm³/mol. The van der Waals surface area contributed by atoms with Crippen molar-refractivity contribution >= 4 is 17.7 Å². The molecule has 0 amide bonds. The molecule has 1 N–H and O–H groups in total. The first-order chi connectivity index (χ1) is 9.58. The first-order valence-corrected chi connectivity index (χ1v) is 7.79. The molecule has 0 heterocycles. The van der Waals surface area contributed by atoms with Gasteiger partial charge in [-0.05, 0) is 37.6 Å². The number of nitrogens with one attached hydrogen (secondary N) is 1. The Bertz CT molecular complexity index is 440. The summed E-state index contributed by atoms with van der Waals surface area (Å²) in [7, 11) is 1.35. The summed E-state index contributed by atoms with van der Waals surface area (Å²) in [6, 6.07) is 5.40. The fraction of sp³-hybridized carbons (Fsp3) is 0.533. The quantitative estimate of drug-likeness (QED) is 0.588. The molecule has 0 bridgehead atoms. The van der Waals surface area contributed by atoms with Gasteiger partial charge in [0.15, 0.2) is 0 Å². The van der Waals surface area contributed by atoms with Gasteiger partial charge in [0, 0.05) is 16.7 Å². The van der Waals surface area contributed by atoms with Crippen LogP contribution in [-0.2, 0) is 9.53 Å². The Morgan fingerprint density at radius 1 is 1.50 bits per heavy atom. The van der Waals surface area contributed by atoms with Gasteiger partial charge in [0.2, 0.25) is 0 Å². The van der Waals surface area contributed by atoms with Crippen molar-refractivity contribution in [1.29, 1.82) is 0 Å². The Morgan fingerprint density at radius 3 is 2.85 bits per heavy atom. The largest absolute Gasteiger partial charge is 0.469 e. The van der Waals surface area contributed by atoms with Gasteiger partial charge in [0.25, 0.3) is 0 Å². The summed E-state index contributed by atoms with van der Waals surface area (Å²) >= 11 is 1.33. The number of esters is 1. The molecular formula is C15H22FNO2S. The van der Waals surface area contributed by atoms with Crippen LogP contribution in [0.1, 0.15) is 38.3 Å². The second-order valence-corrected chi connectivity index (χ2v) is 5.68. The molecule has 5 heteroatoms. The summed E-state index contributed by atoms with van der Waals surface area (Å²) in [5.41, 5.74) is 0.938. The van der Waals surface area contributed by atoms with E-state index >= 15 is 0 Å². The van der Waals surface area contributed by atoms with Crippen LogP contribution in [0, 0.1) is 5.82 Å². The summed E-state index contributed by atoms with van der Waals surface area (Å²) in [5, 5.41) is 3.33. The molecule has 1 rings (SSSR count). The lowest BCUT2D eigenvalue weighted by atomic mass is 10.1. The second-order valence-electron chi connectivity index (χ2n) is 4.54. The van der Waals surface area contributed by atoms with Crippen LogP contribution in [0.3, 0.4) is 0 Å². The molecule has 1 atom stereocenters. The third-order valence-corrected chi connectivity index (χ3v) is 4.00. The Morgan fingerprint density at radius 2 is 2.25 bits per heavy atom. The average molecular weight is 299 g/mol. The van der Waals surface area contributed by atoms with Crippen LogP contribution in [0.4, 0.5) is 4.39 Å². The molecule has 0 radical (unpaired) electrons. The Hall–Kier alpha value is -1.07. The number of benzene rings is 1. The minimum absolute atomic E-state index is 0.138. The fourth-order valence-electron chi connectivity index (χ4n) is 1.73. The molecule has 20 heavy (non-hydrogen) atoms. The Kier molecular flexibility index (Phi) is 7.62. The molecule has 1 aromatic carbocycles. The van der Waals surface area contributed by atoms with Crippen LogP contribution < -0.4 is 5.32 Å². The van der Waals surface area contributed by atoms with Gasteiger partial charge in [0.1, 0.15) is 5.82 Å². The third kappa shape index (κ3) is 5.51. The second kappa shape index (κ2) is 8.97. The van der Waals surface area contributed by atoms with E-state index in [0.29, 0.717) is 10.6 Å². The lowest BCUT2D eigenvalue weighted by molar-refractivity contribution is -0.140. The molecule has 0 aliphatic carbocycles. The predicted octanol–water partition coefficient (Wildman–Crippen LogP) is 3.54. The maximum atomic E-state index is 14.0. The summed E-state index contributed by atoms with van der Waals surface area (Å²) in [5.74, 6) is 0.0153. The van der Waals surface area contributed by atoms with E-state index in [4.69, 9.17) is 0 Å². The first kappa shape index (κ1) is 17.0. The highest BCUT2D eigenvalue weighted by atomic mass is 32.2. The molecule has 0 aliphatic rings. The van der Waals surface area contributed by atoms with Crippen molar-refractivity contribution in [2.75, 3.05) is 19.4 Å². The maximum absolute atomic E-state index is 14.0. The molecule has 0 aromatic heterocycles. The highest BCUT2D eigenvalue weighted by molar-refractivity contribution is 7.99. The zero-order valence-electron chi connectivity index (χ0n) is 12.2. The number of carbonyl (C=O) groups is 1. The van der Waals surface area contributed by atoms with Crippen LogP contribution >= 0.6 is 11.8 Å². The monoisotopic (exact) mass is 299 g/mol. The summed E-state index contributed by atoms with van der Waals surface area (Å²) in [4.78, 5) is 11.6. The van der Waals surface area contributed by atoms with Gasteiger partial charge in [-0.15, -0.1) is 11.8 Å². The Labute approximate surface area is 124 Å². The summed E-state index contributed by atoms with van der Waals surface area (Å²) in [6.07, 6.45) is 1.34. The number of hydrogen-bond acceptors (Lipinski definition) is 4. The van der Waals surface area contributed by atoms with Crippen LogP contribution in [0.5, 0.6) is 0 Å². The van der Waals surface area contributed by atoms with E-state index in [-0.39, 0.29) is 24.2 Å². The molecule has 1 aromatic rings. The van der Waals surface area contributed by atoms with Crippen LogP contribution in [0.2, 0.25) is 0 Å². The van der Waals surface area contributed by atoms with Crippen molar-refractivity contribution in [3.63, 3.8) is 0 Å². The molecule has 1 unspecified atom stereocenters. The normalized spacial score (nSPS) is 12.2. The number of methoxy groups -OCH3 is 1. The smallest absolute Gasteiger partial charge is 0.306 e. The minimum Gasteiger partial charge on any atom is -0.469 e. The van der Waals surface area contributed by atoms with Gasteiger partial charge < -0.3 is 10.1 Å². The van der Waals surface area contributed by atoms with Crippen LogP contribution in [-0.4, -0.2) is 25.4 Å². The van der Waals surface area contributed by atoms with E-state index in [2.05, 4.69) is 17.0 Å². The van der Waals surface area contributed by atoms with Crippen molar-refractivity contribution in [2.24, 2.45) is 0 Å². The van der Waals surface area contributed by atoms with Crippen molar-refractivity contribution in [2.45, 2.75) is 37.6 Å². The molecule has 0 saturated carbocycles.